The lowest BCUT2D eigenvalue weighted by atomic mass is 9.84. The molecular weight excluding hydrogens is 264 g/mol. The summed E-state index contributed by atoms with van der Waals surface area (Å²) in [5.41, 5.74) is 1.78. The minimum atomic E-state index is 0.332. The van der Waals surface area contributed by atoms with E-state index in [2.05, 4.69) is 57.8 Å². The van der Waals surface area contributed by atoms with Crippen molar-refractivity contribution in [3.05, 3.63) is 21.4 Å². The van der Waals surface area contributed by atoms with Gasteiger partial charge in [-0.2, -0.15) is 0 Å². The highest BCUT2D eigenvalue weighted by Crippen LogP contribution is 2.28. The maximum absolute atomic E-state index is 3.75. The highest BCUT2D eigenvalue weighted by atomic mass is 32.1. The average molecular weight is 295 g/mol. The van der Waals surface area contributed by atoms with Crippen molar-refractivity contribution in [2.24, 2.45) is 5.41 Å². The molecule has 1 aromatic rings. The second kappa shape index (κ2) is 6.17. The number of hydrogen-bond donors (Lipinski definition) is 1. The van der Waals surface area contributed by atoms with Crippen LogP contribution in [0.4, 0.5) is 0 Å². The molecule has 20 heavy (non-hydrogen) atoms. The maximum Gasteiger partial charge on any atom is 0.0332 e. The lowest BCUT2D eigenvalue weighted by Gasteiger charge is -2.44. The first kappa shape index (κ1) is 16.0. The minimum Gasteiger partial charge on any atom is -0.311 e. The van der Waals surface area contributed by atoms with Crippen molar-refractivity contribution in [3.8, 4) is 0 Å². The van der Waals surface area contributed by atoms with E-state index in [0.29, 0.717) is 17.5 Å². The molecule has 0 spiro atoms. The number of nitrogens with zero attached hydrogens (tertiary/aromatic N) is 1. The van der Waals surface area contributed by atoms with Crippen LogP contribution in [0.1, 0.15) is 49.4 Å². The first-order valence-corrected chi connectivity index (χ1v) is 8.66. The van der Waals surface area contributed by atoms with E-state index in [1.807, 2.05) is 11.3 Å². The third kappa shape index (κ3) is 3.63. The van der Waals surface area contributed by atoms with E-state index in [1.165, 1.54) is 21.7 Å². The van der Waals surface area contributed by atoms with E-state index in [0.717, 1.165) is 19.6 Å². The van der Waals surface area contributed by atoms with Gasteiger partial charge in [0.15, 0.2) is 0 Å². The second-order valence-electron chi connectivity index (χ2n) is 7.27. The van der Waals surface area contributed by atoms with Crippen LogP contribution in [-0.2, 0) is 6.54 Å². The number of aryl methyl sites for hydroxylation is 2. The molecule has 0 aromatic carbocycles. The Kier molecular flexibility index (Phi) is 4.93. The van der Waals surface area contributed by atoms with Crippen molar-refractivity contribution in [1.82, 2.24) is 10.2 Å². The van der Waals surface area contributed by atoms with E-state index in [1.54, 1.807) is 0 Å². The largest absolute Gasteiger partial charge is 0.311 e. The van der Waals surface area contributed by atoms with Gasteiger partial charge < -0.3 is 5.32 Å². The van der Waals surface area contributed by atoms with Crippen LogP contribution in [0.5, 0.6) is 0 Å². The van der Waals surface area contributed by atoms with Gasteiger partial charge in [-0.1, -0.05) is 27.7 Å². The summed E-state index contributed by atoms with van der Waals surface area (Å²) in [6.07, 6.45) is 1.23. The molecule has 3 heteroatoms. The standard InChI is InChI=1S/C17H30N2S/c1-7-14-9-18-16(17(4,5)6)11-19(14)10-15-8-12(2)13(3)20-15/h8,14,16,18H,7,9-11H2,1-6H3. The lowest BCUT2D eigenvalue weighted by molar-refractivity contribution is 0.0783. The Balaban J connectivity index is 2.09. The van der Waals surface area contributed by atoms with Gasteiger partial charge in [0, 0.05) is 41.5 Å². The number of nitrogens with one attached hydrogen (secondary N) is 1. The molecule has 1 aliphatic heterocycles. The van der Waals surface area contributed by atoms with Crippen molar-refractivity contribution in [1.29, 1.82) is 0 Å². The van der Waals surface area contributed by atoms with Gasteiger partial charge in [-0.25, -0.2) is 0 Å². The summed E-state index contributed by atoms with van der Waals surface area (Å²) in [7, 11) is 0. The fourth-order valence-corrected chi connectivity index (χ4v) is 4.04. The van der Waals surface area contributed by atoms with Gasteiger partial charge in [-0.05, 0) is 37.3 Å². The predicted octanol–water partition coefficient (Wildman–Crippen LogP) is 3.96. The molecule has 114 valence electrons. The van der Waals surface area contributed by atoms with Crippen LogP contribution in [0, 0.1) is 19.3 Å². The van der Waals surface area contributed by atoms with Gasteiger partial charge >= 0.3 is 0 Å². The zero-order valence-corrected chi connectivity index (χ0v) is 14.7. The van der Waals surface area contributed by atoms with Crippen molar-refractivity contribution < 1.29 is 0 Å². The van der Waals surface area contributed by atoms with Gasteiger partial charge in [-0.3, -0.25) is 4.90 Å². The molecular formula is C17H30N2S. The summed E-state index contributed by atoms with van der Waals surface area (Å²) in [6, 6.07) is 3.64. The Morgan fingerprint density at radius 2 is 2.05 bits per heavy atom. The van der Waals surface area contributed by atoms with Crippen LogP contribution in [0.25, 0.3) is 0 Å². The number of hydrogen-bond acceptors (Lipinski definition) is 3. The van der Waals surface area contributed by atoms with E-state index in [-0.39, 0.29) is 0 Å². The summed E-state index contributed by atoms with van der Waals surface area (Å²) in [5, 5.41) is 3.75. The Hall–Kier alpha value is -0.380. The number of thiophene rings is 1. The molecule has 0 saturated carbocycles. The van der Waals surface area contributed by atoms with Crippen LogP contribution in [-0.4, -0.2) is 30.1 Å². The SMILES string of the molecule is CCC1CNC(C(C)(C)C)CN1Cc1cc(C)c(C)s1. The van der Waals surface area contributed by atoms with Crippen LogP contribution in [0.15, 0.2) is 6.07 Å². The Morgan fingerprint density at radius 1 is 1.35 bits per heavy atom. The quantitative estimate of drug-likeness (QED) is 0.907. The summed E-state index contributed by atoms with van der Waals surface area (Å²) in [5.74, 6) is 0. The normalized spacial score (nSPS) is 25.1. The third-order valence-electron chi connectivity index (χ3n) is 4.63. The van der Waals surface area contributed by atoms with Crippen molar-refractivity contribution >= 4 is 11.3 Å². The molecule has 2 unspecified atom stereocenters. The second-order valence-corrected chi connectivity index (χ2v) is 8.61. The van der Waals surface area contributed by atoms with Crippen LogP contribution >= 0.6 is 11.3 Å². The molecule has 1 aliphatic rings. The van der Waals surface area contributed by atoms with E-state index < -0.39 is 0 Å². The smallest absolute Gasteiger partial charge is 0.0332 e. The van der Waals surface area contributed by atoms with Crippen molar-refractivity contribution in [3.63, 3.8) is 0 Å². The molecule has 1 aromatic heterocycles. The third-order valence-corrected chi connectivity index (χ3v) is 5.76. The Morgan fingerprint density at radius 3 is 2.55 bits per heavy atom. The number of piperazine rings is 1. The Bertz CT molecular complexity index is 425. The van der Waals surface area contributed by atoms with Crippen LogP contribution in [0.3, 0.4) is 0 Å². The first-order chi connectivity index (χ1) is 9.31. The van der Waals surface area contributed by atoms with Gasteiger partial charge in [0.2, 0.25) is 0 Å². The molecule has 0 bridgehead atoms. The highest BCUT2D eigenvalue weighted by Gasteiger charge is 2.33. The zero-order valence-electron chi connectivity index (χ0n) is 13.9. The summed E-state index contributed by atoms with van der Waals surface area (Å²) >= 11 is 1.97. The molecule has 1 fully saturated rings. The highest BCUT2D eigenvalue weighted by molar-refractivity contribution is 7.12. The molecule has 2 rings (SSSR count). The molecule has 0 radical (unpaired) electrons. The van der Waals surface area contributed by atoms with Gasteiger partial charge in [0.25, 0.3) is 0 Å². The van der Waals surface area contributed by atoms with Gasteiger partial charge in [-0.15, -0.1) is 11.3 Å². The van der Waals surface area contributed by atoms with Crippen molar-refractivity contribution in [2.75, 3.05) is 13.1 Å². The fourth-order valence-electron chi connectivity index (χ4n) is 2.96. The molecule has 1 N–H and O–H groups in total. The predicted molar refractivity (Wildman–Crippen MR) is 89.5 cm³/mol. The monoisotopic (exact) mass is 294 g/mol. The summed E-state index contributed by atoms with van der Waals surface area (Å²) in [6.45, 7) is 17.2. The van der Waals surface area contributed by atoms with Crippen LogP contribution in [0.2, 0.25) is 0 Å². The van der Waals surface area contributed by atoms with E-state index >= 15 is 0 Å². The van der Waals surface area contributed by atoms with Crippen LogP contribution < -0.4 is 5.32 Å². The molecule has 0 amide bonds. The van der Waals surface area contributed by atoms with E-state index in [9.17, 15) is 0 Å². The topological polar surface area (TPSA) is 15.3 Å². The molecule has 1 saturated heterocycles. The van der Waals surface area contributed by atoms with E-state index in [4.69, 9.17) is 0 Å². The fraction of sp³-hybridized carbons (Fsp3) is 0.765. The first-order valence-electron chi connectivity index (χ1n) is 7.84. The minimum absolute atomic E-state index is 0.332. The summed E-state index contributed by atoms with van der Waals surface area (Å²) < 4.78 is 0. The molecule has 2 nitrogen and oxygen atoms in total. The average Bonchev–Trinajstić information content (AvgIpc) is 2.67. The number of rotatable bonds is 3. The summed E-state index contributed by atoms with van der Waals surface area (Å²) in [4.78, 5) is 5.68. The molecule has 0 aliphatic carbocycles. The maximum atomic E-state index is 3.75. The zero-order chi connectivity index (χ0) is 14.9. The molecule has 2 heterocycles. The van der Waals surface area contributed by atoms with Gasteiger partial charge in [0.1, 0.15) is 0 Å². The Labute approximate surface area is 128 Å². The van der Waals surface area contributed by atoms with Gasteiger partial charge in [0.05, 0.1) is 0 Å². The van der Waals surface area contributed by atoms with Crippen molar-refractivity contribution in [2.45, 2.75) is 66.6 Å². The lowest BCUT2D eigenvalue weighted by Crippen LogP contribution is -2.59. The molecule has 2 atom stereocenters.